The highest BCUT2D eigenvalue weighted by molar-refractivity contribution is 7.61. The fourth-order valence-corrected chi connectivity index (χ4v) is 8.00. The molecule has 2 N–H and O–H groups in total. The predicted octanol–water partition coefficient (Wildman–Crippen LogP) is 3.35. The van der Waals surface area contributed by atoms with Gasteiger partial charge in [0.15, 0.2) is 11.8 Å². The molecular formula is C29H31N3O14P2. The number of aromatic nitrogens is 3. The molecule has 2 saturated heterocycles. The van der Waals surface area contributed by atoms with E-state index < -0.39 is 69.6 Å². The van der Waals surface area contributed by atoms with E-state index in [2.05, 4.69) is 5.16 Å². The Kier molecular flexibility index (Phi) is 9.43. The summed E-state index contributed by atoms with van der Waals surface area (Å²) in [5, 5.41) is 16.0. The second-order valence-corrected chi connectivity index (χ2v) is 14.5. The van der Waals surface area contributed by atoms with Crippen molar-refractivity contribution in [3.8, 4) is 0 Å². The summed E-state index contributed by atoms with van der Waals surface area (Å²) in [7, 11) is -9.93. The second kappa shape index (κ2) is 13.3. The molecule has 0 aliphatic carbocycles. The van der Waals surface area contributed by atoms with E-state index in [1.165, 1.54) is 25.3 Å². The topological polar surface area (TPSA) is 217 Å². The zero-order valence-corrected chi connectivity index (χ0v) is 27.3. The van der Waals surface area contributed by atoms with Crippen LogP contribution in [-0.2, 0) is 43.0 Å². The van der Waals surface area contributed by atoms with Gasteiger partial charge in [0.25, 0.3) is 5.56 Å². The highest BCUT2D eigenvalue weighted by Crippen LogP contribution is 2.65. The van der Waals surface area contributed by atoms with Crippen molar-refractivity contribution in [2.75, 3.05) is 13.2 Å². The summed E-state index contributed by atoms with van der Waals surface area (Å²) < 4.78 is 64.1. The van der Waals surface area contributed by atoms with E-state index in [0.29, 0.717) is 16.7 Å². The molecule has 2 fully saturated rings. The molecule has 48 heavy (non-hydrogen) atoms. The summed E-state index contributed by atoms with van der Waals surface area (Å²) in [6.45, 7) is 1.76. The van der Waals surface area contributed by atoms with Crippen molar-refractivity contribution in [1.29, 1.82) is 0 Å². The zero-order valence-electron chi connectivity index (χ0n) is 25.5. The van der Waals surface area contributed by atoms with Gasteiger partial charge in [-0.05, 0) is 31.2 Å². The fraction of sp³-hybridized carbons (Fsp3) is 0.379. The summed E-state index contributed by atoms with van der Waals surface area (Å²) in [4.78, 5) is 49.0. The highest BCUT2D eigenvalue weighted by atomic mass is 31.3. The number of ether oxygens (including phenoxy) is 2. The van der Waals surface area contributed by atoms with Crippen LogP contribution >= 0.6 is 15.6 Å². The van der Waals surface area contributed by atoms with E-state index in [4.69, 9.17) is 31.9 Å². The first kappa shape index (κ1) is 34.1. The van der Waals surface area contributed by atoms with Crippen LogP contribution in [-0.4, -0.2) is 61.5 Å². The molecule has 0 radical (unpaired) electrons. The maximum Gasteiger partial charge on any atom is 0.486 e. The van der Waals surface area contributed by atoms with Crippen LogP contribution in [0.4, 0.5) is 0 Å². The molecule has 4 heterocycles. The first-order valence-corrected chi connectivity index (χ1v) is 17.6. The van der Waals surface area contributed by atoms with Gasteiger partial charge in [0.1, 0.15) is 11.3 Å². The SMILES string of the molecule is C[C@H]1C(COP(=O)(O)OP2(=O)OCCC(OC(=O)c3ccccc3)O2)O[C@@H](n2ccc(=O)n(Cc3noc4ccccc34)c2=O)[C@]1(C)O. The third-order valence-corrected chi connectivity index (χ3v) is 11.2. The first-order valence-electron chi connectivity index (χ1n) is 14.7. The molecule has 2 aromatic carbocycles. The molecule has 19 heteroatoms. The van der Waals surface area contributed by atoms with Gasteiger partial charge in [0.05, 0.1) is 31.4 Å². The van der Waals surface area contributed by atoms with Crippen LogP contribution in [0.3, 0.4) is 0 Å². The van der Waals surface area contributed by atoms with Gasteiger partial charge in [0, 0.05) is 30.0 Å². The number of fused-ring (bicyclic) bond motifs is 1. The van der Waals surface area contributed by atoms with Gasteiger partial charge in [-0.15, -0.1) is 0 Å². The van der Waals surface area contributed by atoms with Crippen LogP contribution in [0.5, 0.6) is 0 Å². The lowest BCUT2D eigenvalue weighted by molar-refractivity contribution is -0.0950. The molecule has 2 aliphatic rings. The smallest absolute Gasteiger partial charge is 0.431 e. The van der Waals surface area contributed by atoms with Crippen LogP contribution in [0.2, 0.25) is 0 Å². The maximum absolute atomic E-state index is 13.5. The Hall–Kier alpha value is -3.76. The molecule has 2 aromatic heterocycles. The number of rotatable bonds is 10. The number of aliphatic hydroxyl groups is 1. The summed E-state index contributed by atoms with van der Waals surface area (Å²) in [5.74, 6) is -1.60. The number of hydrogen-bond donors (Lipinski definition) is 2. The van der Waals surface area contributed by atoms with Crippen LogP contribution < -0.4 is 11.2 Å². The number of carbonyl (C=O) groups is 1. The number of phosphoric ester groups is 2. The van der Waals surface area contributed by atoms with E-state index >= 15 is 0 Å². The molecule has 7 atom stereocenters. The minimum Gasteiger partial charge on any atom is -0.431 e. The number of esters is 1. The van der Waals surface area contributed by atoms with Crippen molar-refractivity contribution in [2.45, 2.75) is 51.0 Å². The van der Waals surface area contributed by atoms with Crippen molar-refractivity contribution in [1.82, 2.24) is 14.3 Å². The average Bonchev–Trinajstić information content (AvgIpc) is 3.55. The lowest BCUT2D eigenvalue weighted by Crippen LogP contribution is -2.46. The number of phosphoric acid groups is 2. The van der Waals surface area contributed by atoms with E-state index in [1.54, 1.807) is 49.4 Å². The summed E-state index contributed by atoms with van der Waals surface area (Å²) in [6.07, 6.45) is -2.74. The lowest BCUT2D eigenvalue weighted by Gasteiger charge is -2.29. The Morgan fingerprint density at radius 2 is 1.88 bits per heavy atom. The zero-order chi connectivity index (χ0) is 34.3. The van der Waals surface area contributed by atoms with Crippen molar-refractivity contribution in [3.63, 3.8) is 0 Å². The Bertz CT molecular complexity index is 2030. The number of benzene rings is 2. The Balaban J connectivity index is 1.12. The Morgan fingerprint density at radius 3 is 2.65 bits per heavy atom. The third-order valence-electron chi connectivity index (χ3n) is 8.09. The fourth-order valence-electron chi connectivity index (χ4n) is 5.30. The Labute approximate surface area is 271 Å². The van der Waals surface area contributed by atoms with Gasteiger partial charge in [-0.3, -0.25) is 23.0 Å². The predicted molar refractivity (Wildman–Crippen MR) is 164 cm³/mol. The van der Waals surface area contributed by atoms with Gasteiger partial charge < -0.3 is 24.0 Å². The molecule has 0 amide bonds. The van der Waals surface area contributed by atoms with Crippen LogP contribution in [0.1, 0.15) is 42.5 Å². The third kappa shape index (κ3) is 7.01. The number of para-hydroxylation sites is 1. The molecule has 6 rings (SSSR count). The van der Waals surface area contributed by atoms with Crippen molar-refractivity contribution in [2.24, 2.45) is 5.92 Å². The van der Waals surface area contributed by atoms with Crippen molar-refractivity contribution < 1.29 is 55.8 Å². The monoisotopic (exact) mass is 707 g/mol. The molecule has 0 saturated carbocycles. The number of hydrogen-bond acceptors (Lipinski definition) is 14. The molecule has 17 nitrogen and oxygen atoms in total. The van der Waals surface area contributed by atoms with Gasteiger partial charge in [0.2, 0.25) is 6.29 Å². The van der Waals surface area contributed by atoms with E-state index in [-0.39, 0.29) is 25.1 Å². The van der Waals surface area contributed by atoms with Crippen molar-refractivity contribution >= 4 is 32.6 Å². The standard InChI is InChI=1S/C29H31N3O14P2/c1-18-23(17-41-47(37,38)46-48(39)40-15-13-25(45-48)43-26(34)19-8-4-3-5-9-19)42-27(29(18,2)36)31-14-12-24(33)32(28(31)35)16-21-20-10-6-7-11-22(20)44-30-21/h3-12,14,18,23,25,27,36H,13,15-17H2,1-2H3,(H,37,38)/t18-,23?,25?,27+,29+,48?/m0/s1. The number of nitrogens with zero attached hydrogens (tertiary/aromatic N) is 3. The van der Waals surface area contributed by atoms with Crippen molar-refractivity contribution in [3.05, 3.63) is 99.0 Å². The summed E-state index contributed by atoms with van der Waals surface area (Å²) in [5.41, 5.74) is -2.20. The molecule has 2 aliphatic heterocycles. The summed E-state index contributed by atoms with van der Waals surface area (Å²) >= 11 is 0. The molecule has 256 valence electrons. The maximum atomic E-state index is 13.5. The lowest BCUT2D eigenvalue weighted by atomic mass is 9.88. The molecule has 0 bridgehead atoms. The normalized spacial score (nSPS) is 28.7. The first-order chi connectivity index (χ1) is 22.8. The molecule has 4 unspecified atom stereocenters. The highest BCUT2D eigenvalue weighted by Gasteiger charge is 2.53. The van der Waals surface area contributed by atoms with Crippen LogP contribution in [0, 0.1) is 5.92 Å². The van der Waals surface area contributed by atoms with Crippen LogP contribution in [0.25, 0.3) is 11.0 Å². The Morgan fingerprint density at radius 1 is 1.15 bits per heavy atom. The quantitative estimate of drug-likeness (QED) is 0.178. The van der Waals surface area contributed by atoms with Gasteiger partial charge in [-0.2, -0.15) is 4.31 Å². The largest absolute Gasteiger partial charge is 0.486 e. The second-order valence-electron chi connectivity index (χ2n) is 11.3. The number of carbonyl (C=O) groups excluding carboxylic acids is 1. The van der Waals surface area contributed by atoms with E-state index in [1.807, 2.05) is 0 Å². The van der Waals surface area contributed by atoms with Crippen LogP contribution in [0.15, 0.2) is 81.0 Å². The van der Waals surface area contributed by atoms with Gasteiger partial charge in [-0.25, -0.2) is 23.2 Å². The van der Waals surface area contributed by atoms with E-state index in [9.17, 15) is 33.5 Å². The van der Waals surface area contributed by atoms with Gasteiger partial charge in [-0.1, -0.05) is 42.4 Å². The minimum atomic E-state index is -5.18. The molecular weight excluding hydrogens is 676 g/mol. The molecule has 4 aromatic rings. The molecule has 0 spiro atoms. The summed E-state index contributed by atoms with van der Waals surface area (Å²) in [6, 6.07) is 16.0. The minimum absolute atomic E-state index is 0.0334. The van der Waals surface area contributed by atoms with Gasteiger partial charge >= 0.3 is 27.3 Å². The van der Waals surface area contributed by atoms with E-state index in [0.717, 1.165) is 15.2 Å². The average molecular weight is 708 g/mol.